The Balaban J connectivity index is 1.45. The number of nitrogens with zero attached hydrogens (tertiary/aromatic N) is 7. The molecule has 0 spiro atoms. The van der Waals surface area contributed by atoms with Crippen LogP contribution in [0.4, 0.5) is 5.13 Å². The molecule has 0 radical (unpaired) electrons. The maximum Gasteiger partial charge on any atom is 0.352 e. The lowest BCUT2D eigenvalue weighted by Crippen LogP contribution is -2.71. The van der Waals surface area contributed by atoms with Crippen LogP contribution < -0.4 is 11.1 Å². The topological polar surface area (TPSA) is 200 Å². The number of fused-ring (bicyclic) bond motifs is 1. The number of aryl methyl sites for hydroxylation is 1. The zero-order chi connectivity index (χ0) is 26.5. The standard InChI is InChI=1S/C19H23N9O6S3/c1-33-5-3-4-27-8-21-24-19(27)36-7-9-6-35-16-11(15(30)28(16)12(9)17(31)32)22-14(29)10(25-34-2)13-23-18(20)37-26-13/h8,11,16H,3-7H2,1-2H3,(H,22,29)(H,31,32)(H2,20,23,26)/t11?,16-/m0/s1. The summed E-state index contributed by atoms with van der Waals surface area (Å²) in [6.45, 7) is 1.25. The maximum absolute atomic E-state index is 13.0. The number of carbonyl (C=O) groups is 3. The third-order valence-electron chi connectivity index (χ3n) is 5.29. The number of hydrogen-bond donors (Lipinski definition) is 3. The molecule has 198 valence electrons. The average Bonchev–Trinajstić information content (AvgIpc) is 3.52. The molecular formula is C19H23N9O6S3. The van der Waals surface area contributed by atoms with E-state index >= 15 is 0 Å². The van der Waals surface area contributed by atoms with E-state index in [9.17, 15) is 19.5 Å². The van der Waals surface area contributed by atoms with Gasteiger partial charge in [0.1, 0.15) is 30.5 Å². The maximum atomic E-state index is 13.0. The number of aromatic nitrogens is 5. The van der Waals surface area contributed by atoms with Crippen LogP contribution in [0.1, 0.15) is 12.2 Å². The Labute approximate surface area is 223 Å². The number of amides is 2. The first kappa shape index (κ1) is 26.8. The summed E-state index contributed by atoms with van der Waals surface area (Å²) in [5.41, 5.74) is 5.83. The van der Waals surface area contributed by atoms with Crippen molar-refractivity contribution in [3.63, 3.8) is 0 Å². The monoisotopic (exact) mass is 569 g/mol. The number of thioether (sulfide) groups is 2. The van der Waals surface area contributed by atoms with E-state index in [1.165, 1.54) is 35.5 Å². The van der Waals surface area contributed by atoms with Gasteiger partial charge in [-0.25, -0.2) is 4.79 Å². The van der Waals surface area contributed by atoms with Gasteiger partial charge in [-0.3, -0.25) is 14.5 Å². The van der Waals surface area contributed by atoms with Crippen molar-refractivity contribution in [2.45, 2.75) is 29.5 Å². The normalized spacial score (nSPS) is 19.5. The van der Waals surface area contributed by atoms with Crippen molar-refractivity contribution >= 4 is 63.7 Å². The van der Waals surface area contributed by atoms with Crippen LogP contribution in [0.25, 0.3) is 0 Å². The molecule has 4 rings (SSSR count). The van der Waals surface area contributed by atoms with Crippen LogP contribution in [0.15, 0.2) is 27.9 Å². The van der Waals surface area contributed by atoms with Crippen molar-refractivity contribution in [1.29, 1.82) is 0 Å². The molecule has 4 N–H and O–H groups in total. The largest absolute Gasteiger partial charge is 0.477 e. The SMILES string of the molecule is COCCCn1cnnc1SCC1=C(C(=O)O)N2C(=O)C(NC(=O)C(=NOC)c3nsc(N)n3)[C@@H]2SC1. The lowest BCUT2D eigenvalue weighted by molar-refractivity contribution is -0.150. The third-order valence-corrected chi connectivity index (χ3v) is 8.24. The number of β-lactam (4-membered cyclic amide) rings is 1. The molecule has 1 fully saturated rings. The Hall–Kier alpha value is -3.22. The van der Waals surface area contributed by atoms with E-state index in [1.807, 2.05) is 4.57 Å². The Morgan fingerprint density at radius 2 is 2.22 bits per heavy atom. The minimum absolute atomic E-state index is 0.0396. The summed E-state index contributed by atoms with van der Waals surface area (Å²) < 4.78 is 10.9. The molecule has 1 unspecified atom stereocenters. The van der Waals surface area contributed by atoms with E-state index in [2.05, 4.69) is 30.0 Å². The van der Waals surface area contributed by atoms with E-state index in [0.717, 1.165) is 18.0 Å². The highest BCUT2D eigenvalue weighted by atomic mass is 32.2. The van der Waals surface area contributed by atoms with E-state index in [4.69, 9.17) is 15.3 Å². The summed E-state index contributed by atoms with van der Waals surface area (Å²) in [5.74, 6) is -1.88. The van der Waals surface area contributed by atoms with E-state index in [1.54, 1.807) is 13.4 Å². The third kappa shape index (κ3) is 5.71. The van der Waals surface area contributed by atoms with Gasteiger partial charge in [-0.2, -0.15) is 9.36 Å². The molecule has 2 aliphatic heterocycles. The summed E-state index contributed by atoms with van der Waals surface area (Å²) in [7, 11) is 2.88. The van der Waals surface area contributed by atoms with Crippen LogP contribution in [0, 0.1) is 0 Å². The van der Waals surface area contributed by atoms with Crippen molar-refractivity contribution in [1.82, 2.24) is 34.3 Å². The number of carboxylic acids is 1. The van der Waals surface area contributed by atoms with Gasteiger partial charge in [0.15, 0.2) is 10.3 Å². The smallest absolute Gasteiger partial charge is 0.352 e. The molecule has 4 heterocycles. The van der Waals surface area contributed by atoms with Crippen molar-refractivity contribution < 1.29 is 29.1 Å². The van der Waals surface area contributed by atoms with E-state index in [-0.39, 0.29) is 22.4 Å². The summed E-state index contributed by atoms with van der Waals surface area (Å²) in [5, 5.41) is 24.4. The fourth-order valence-corrected chi connectivity index (χ4v) is 6.51. The molecule has 0 aromatic carbocycles. The molecule has 1 saturated heterocycles. The van der Waals surface area contributed by atoms with Crippen molar-refractivity contribution in [3.8, 4) is 0 Å². The fraction of sp³-hybridized carbons (Fsp3) is 0.474. The molecule has 0 saturated carbocycles. The zero-order valence-electron chi connectivity index (χ0n) is 19.7. The predicted molar refractivity (Wildman–Crippen MR) is 135 cm³/mol. The van der Waals surface area contributed by atoms with Gasteiger partial charge in [0.05, 0.1) is 0 Å². The number of methoxy groups -OCH3 is 1. The van der Waals surface area contributed by atoms with Crippen molar-refractivity contribution in [2.75, 3.05) is 38.1 Å². The van der Waals surface area contributed by atoms with E-state index in [0.29, 0.717) is 35.4 Å². The van der Waals surface area contributed by atoms with E-state index < -0.39 is 29.2 Å². The Morgan fingerprint density at radius 1 is 1.41 bits per heavy atom. The van der Waals surface area contributed by atoms with Gasteiger partial charge in [0.2, 0.25) is 11.5 Å². The Morgan fingerprint density at radius 3 is 2.89 bits per heavy atom. The van der Waals surface area contributed by atoms with Crippen LogP contribution >= 0.6 is 35.1 Å². The van der Waals surface area contributed by atoms with Crippen LogP contribution in [0.2, 0.25) is 0 Å². The first-order valence-electron chi connectivity index (χ1n) is 10.8. The van der Waals surface area contributed by atoms with Gasteiger partial charge < -0.3 is 30.3 Å². The average molecular weight is 570 g/mol. The summed E-state index contributed by atoms with van der Waals surface area (Å²) in [6, 6.07) is -0.956. The fourth-order valence-electron chi connectivity index (χ4n) is 3.65. The first-order chi connectivity index (χ1) is 17.8. The second-order valence-electron chi connectivity index (χ2n) is 7.64. The highest BCUT2D eigenvalue weighted by molar-refractivity contribution is 8.01. The number of nitrogens with two attached hydrogens (primary N) is 1. The first-order valence-corrected chi connectivity index (χ1v) is 13.6. The number of anilines is 1. The molecule has 2 atom stereocenters. The molecule has 18 heteroatoms. The van der Waals surface area contributed by atoms with Gasteiger partial charge >= 0.3 is 5.97 Å². The number of oxime groups is 1. The van der Waals surface area contributed by atoms with Gasteiger partial charge in [0.25, 0.3) is 11.8 Å². The van der Waals surface area contributed by atoms with Crippen LogP contribution in [0.3, 0.4) is 0 Å². The highest BCUT2D eigenvalue weighted by Crippen LogP contribution is 2.41. The molecule has 2 aliphatic rings. The highest BCUT2D eigenvalue weighted by Gasteiger charge is 2.54. The van der Waals surface area contributed by atoms with Gasteiger partial charge in [-0.1, -0.05) is 16.9 Å². The van der Waals surface area contributed by atoms with Crippen molar-refractivity contribution in [2.24, 2.45) is 5.16 Å². The van der Waals surface area contributed by atoms with Gasteiger partial charge in [-0.15, -0.1) is 22.0 Å². The number of aliphatic carboxylic acids is 1. The number of nitrogen functional groups attached to an aromatic ring is 1. The number of hydrogen-bond acceptors (Lipinski definition) is 14. The number of carboxylic acid groups (broad SMARTS) is 1. The van der Waals surface area contributed by atoms with Crippen LogP contribution in [-0.2, 0) is 30.5 Å². The molecule has 0 bridgehead atoms. The van der Waals surface area contributed by atoms with Crippen molar-refractivity contribution in [3.05, 3.63) is 23.4 Å². The molecule has 2 aromatic rings. The number of nitrogens with one attached hydrogen (secondary N) is 1. The van der Waals surface area contributed by atoms with Crippen LogP contribution in [-0.4, -0.2) is 101 Å². The second-order valence-corrected chi connectivity index (χ2v) is 10.5. The second kappa shape index (κ2) is 11.9. The van der Waals surface area contributed by atoms with Gasteiger partial charge in [0, 0.05) is 43.3 Å². The number of rotatable bonds is 12. The molecule has 2 aromatic heterocycles. The molecule has 15 nitrogen and oxygen atoms in total. The predicted octanol–water partition coefficient (Wildman–Crippen LogP) is -0.370. The lowest BCUT2D eigenvalue weighted by Gasteiger charge is -2.49. The minimum atomic E-state index is -1.22. The Kier molecular flexibility index (Phi) is 8.62. The molecule has 37 heavy (non-hydrogen) atoms. The lowest BCUT2D eigenvalue weighted by atomic mass is 10.0. The summed E-state index contributed by atoms with van der Waals surface area (Å²) in [4.78, 5) is 47.8. The summed E-state index contributed by atoms with van der Waals surface area (Å²) >= 11 is 3.58. The van der Waals surface area contributed by atoms with Crippen LogP contribution in [0.5, 0.6) is 0 Å². The van der Waals surface area contributed by atoms with Gasteiger partial charge in [-0.05, 0) is 12.0 Å². The number of carbonyl (C=O) groups excluding carboxylic acids is 2. The molecule has 0 aliphatic carbocycles. The molecule has 2 amide bonds. The minimum Gasteiger partial charge on any atom is -0.477 e. The number of ether oxygens (including phenoxy) is 1. The quantitative estimate of drug-likeness (QED) is 0.0984. The Bertz CT molecular complexity index is 1250. The molecular weight excluding hydrogens is 546 g/mol. The summed E-state index contributed by atoms with van der Waals surface area (Å²) in [6.07, 6.45) is 2.39. The zero-order valence-corrected chi connectivity index (χ0v) is 22.1.